The summed E-state index contributed by atoms with van der Waals surface area (Å²) in [5.74, 6) is 0.868. The molecule has 0 aromatic carbocycles. The van der Waals surface area contributed by atoms with Gasteiger partial charge in [-0.3, -0.25) is 0 Å². The topological polar surface area (TPSA) is 18.5 Å². The van der Waals surface area contributed by atoms with E-state index in [1.54, 1.807) is 13.2 Å². The zero-order valence-electron chi connectivity index (χ0n) is 6.59. The first-order valence-electron chi connectivity index (χ1n) is 3.22. The standard InChI is InChI=1S/C8H14O2/c1-4-5-8(2)10-7-6-9-3/h4-5H,1,6-7H2,2-3H3. The van der Waals surface area contributed by atoms with Crippen LogP contribution in [0.4, 0.5) is 0 Å². The molecule has 0 fully saturated rings. The molecule has 0 aliphatic carbocycles. The zero-order valence-corrected chi connectivity index (χ0v) is 6.59. The Balaban J connectivity index is 3.29. The van der Waals surface area contributed by atoms with E-state index < -0.39 is 0 Å². The monoisotopic (exact) mass is 142 g/mol. The van der Waals surface area contributed by atoms with Crippen LogP contribution < -0.4 is 0 Å². The Bertz CT molecular complexity index is 116. The predicted octanol–water partition coefficient (Wildman–Crippen LogP) is 1.74. The number of ether oxygens (including phenoxy) is 2. The van der Waals surface area contributed by atoms with Gasteiger partial charge >= 0.3 is 0 Å². The van der Waals surface area contributed by atoms with E-state index in [1.165, 1.54) is 0 Å². The Labute approximate surface area is 62.1 Å². The van der Waals surface area contributed by atoms with Crippen molar-refractivity contribution < 1.29 is 9.47 Å². The molecule has 0 bridgehead atoms. The number of rotatable bonds is 5. The summed E-state index contributed by atoms with van der Waals surface area (Å²) in [6.45, 7) is 6.66. The minimum Gasteiger partial charge on any atom is -0.496 e. The molecule has 2 nitrogen and oxygen atoms in total. The zero-order chi connectivity index (χ0) is 7.82. The highest BCUT2D eigenvalue weighted by atomic mass is 16.5. The lowest BCUT2D eigenvalue weighted by atomic mass is 10.5. The second-order valence-electron chi connectivity index (χ2n) is 1.85. The van der Waals surface area contributed by atoms with E-state index in [4.69, 9.17) is 9.47 Å². The summed E-state index contributed by atoms with van der Waals surface area (Å²) in [5, 5.41) is 0. The maximum Gasteiger partial charge on any atom is 0.111 e. The van der Waals surface area contributed by atoms with Crippen molar-refractivity contribution in [3.05, 3.63) is 24.5 Å². The van der Waals surface area contributed by atoms with Gasteiger partial charge in [0.25, 0.3) is 0 Å². The van der Waals surface area contributed by atoms with Crippen molar-refractivity contribution in [1.82, 2.24) is 0 Å². The second-order valence-corrected chi connectivity index (χ2v) is 1.85. The molecule has 2 heteroatoms. The van der Waals surface area contributed by atoms with E-state index in [-0.39, 0.29) is 0 Å². The van der Waals surface area contributed by atoms with Crippen LogP contribution in [0.1, 0.15) is 6.92 Å². The van der Waals surface area contributed by atoms with Crippen molar-refractivity contribution in [1.29, 1.82) is 0 Å². The largest absolute Gasteiger partial charge is 0.496 e. The van der Waals surface area contributed by atoms with Crippen LogP contribution in [0, 0.1) is 0 Å². The lowest BCUT2D eigenvalue weighted by Crippen LogP contribution is -1.99. The maximum absolute atomic E-state index is 5.19. The van der Waals surface area contributed by atoms with Gasteiger partial charge in [0.15, 0.2) is 0 Å². The van der Waals surface area contributed by atoms with E-state index in [2.05, 4.69) is 6.58 Å². The van der Waals surface area contributed by atoms with Gasteiger partial charge in [-0.15, -0.1) is 0 Å². The molecule has 0 aliphatic heterocycles. The van der Waals surface area contributed by atoms with E-state index in [1.807, 2.05) is 13.0 Å². The van der Waals surface area contributed by atoms with Crippen LogP contribution >= 0.6 is 0 Å². The predicted molar refractivity (Wildman–Crippen MR) is 41.8 cm³/mol. The minimum absolute atomic E-state index is 0.604. The molecule has 0 saturated carbocycles. The highest BCUT2D eigenvalue weighted by Gasteiger charge is 1.85. The molecular formula is C8H14O2. The van der Waals surface area contributed by atoms with Crippen molar-refractivity contribution >= 4 is 0 Å². The van der Waals surface area contributed by atoms with Crippen LogP contribution in [-0.4, -0.2) is 20.3 Å². The van der Waals surface area contributed by atoms with Crippen molar-refractivity contribution in [2.24, 2.45) is 0 Å². The average Bonchev–Trinajstić information content (AvgIpc) is 1.89. The van der Waals surface area contributed by atoms with Crippen molar-refractivity contribution in [2.75, 3.05) is 20.3 Å². The van der Waals surface area contributed by atoms with Crippen LogP contribution in [0.2, 0.25) is 0 Å². The summed E-state index contributed by atoms with van der Waals surface area (Å²) in [5.41, 5.74) is 0. The minimum atomic E-state index is 0.604. The Morgan fingerprint density at radius 3 is 2.70 bits per heavy atom. The molecule has 0 aliphatic rings. The Morgan fingerprint density at radius 1 is 1.50 bits per heavy atom. The van der Waals surface area contributed by atoms with E-state index in [9.17, 15) is 0 Å². The molecule has 0 spiro atoms. The summed E-state index contributed by atoms with van der Waals surface area (Å²) in [6, 6.07) is 0. The van der Waals surface area contributed by atoms with Gasteiger partial charge in [0.05, 0.1) is 12.4 Å². The lowest BCUT2D eigenvalue weighted by Gasteiger charge is -2.03. The molecule has 58 valence electrons. The number of hydrogen-bond acceptors (Lipinski definition) is 2. The fraction of sp³-hybridized carbons (Fsp3) is 0.500. The summed E-state index contributed by atoms with van der Waals surface area (Å²) in [6.07, 6.45) is 3.51. The van der Waals surface area contributed by atoms with Gasteiger partial charge in [0.1, 0.15) is 6.61 Å². The Morgan fingerprint density at radius 2 is 2.20 bits per heavy atom. The lowest BCUT2D eigenvalue weighted by molar-refractivity contribution is 0.110. The van der Waals surface area contributed by atoms with Gasteiger partial charge in [-0.05, 0) is 13.0 Å². The summed E-state index contributed by atoms with van der Waals surface area (Å²) in [4.78, 5) is 0. The smallest absolute Gasteiger partial charge is 0.111 e. The summed E-state index contributed by atoms with van der Waals surface area (Å²) < 4.78 is 9.98. The first kappa shape index (κ1) is 9.24. The van der Waals surface area contributed by atoms with E-state index >= 15 is 0 Å². The average molecular weight is 142 g/mol. The van der Waals surface area contributed by atoms with Gasteiger partial charge in [0, 0.05) is 7.11 Å². The van der Waals surface area contributed by atoms with Crippen molar-refractivity contribution in [3.8, 4) is 0 Å². The molecule has 0 atom stereocenters. The maximum atomic E-state index is 5.19. The van der Waals surface area contributed by atoms with Crippen LogP contribution in [0.3, 0.4) is 0 Å². The fourth-order valence-corrected chi connectivity index (χ4v) is 0.500. The molecule has 0 aromatic rings. The fourth-order valence-electron chi connectivity index (χ4n) is 0.500. The second kappa shape index (κ2) is 6.36. The van der Waals surface area contributed by atoms with Gasteiger partial charge in [-0.2, -0.15) is 0 Å². The van der Waals surface area contributed by atoms with Gasteiger partial charge < -0.3 is 9.47 Å². The van der Waals surface area contributed by atoms with Crippen LogP contribution in [0.15, 0.2) is 24.5 Å². The Kier molecular flexibility index (Phi) is 5.88. The van der Waals surface area contributed by atoms with Gasteiger partial charge in [0.2, 0.25) is 0 Å². The molecule has 0 heterocycles. The Hall–Kier alpha value is -0.760. The van der Waals surface area contributed by atoms with E-state index in [0.717, 1.165) is 5.76 Å². The van der Waals surface area contributed by atoms with Crippen LogP contribution in [0.5, 0.6) is 0 Å². The third-order valence-corrected chi connectivity index (χ3v) is 0.970. The molecule has 0 rings (SSSR count). The number of hydrogen-bond donors (Lipinski definition) is 0. The number of methoxy groups -OCH3 is 1. The third-order valence-electron chi connectivity index (χ3n) is 0.970. The quantitative estimate of drug-likeness (QED) is 0.330. The van der Waals surface area contributed by atoms with Gasteiger partial charge in [-0.25, -0.2) is 0 Å². The molecule has 0 unspecified atom stereocenters. The first-order chi connectivity index (χ1) is 4.81. The molecule has 0 radical (unpaired) electrons. The van der Waals surface area contributed by atoms with Crippen molar-refractivity contribution in [3.63, 3.8) is 0 Å². The molecule has 0 N–H and O–H groups in total. The van der Waals surface area contributed by atoms with Crippen LogP contribution in [0.25, 0.3) is 0 Å². The molecule has 0 aromatic heterocycles. The van der Waals surface area contributed by atoms with Crippen LogP contribution in [-0.2, 0) is 9.47 Å². The third kappa shape index (κ3) is 5.38. The van der Waals surface area contributed by atoms with Gasteiger partial charge in [-0.1, -0.05) is 12.7 Å². The van der Waals surface area contributed by atoms with E-state index in [0.29, 0.717) is 13.2 Å². The molecular weight excluding hydrogens is 128 g/mol. The summed E-state index contributed by atoms with van der Waals surface area (Å²) >= 11 is 0. The molecule has 0 saturated heterocycles. The first-order valence-corrected chi connectivity index (χ1v) is 3.22. The molecule has 0 amide bonds. The molecule has 10 heavy (non-hydrogen) atoms. The van der Waals surface area contributed by atoms with Crippen molar-refractivity contribution in [2.45, 2.75) is 6.92 Å². The SMILES string of the molecule is C=CC=C(C)OCCOC. The number of allylic oxidation sites excluding steroid dienone is 3. The normalized spacial score (nSPS) is 11.2. The highest BCUT2D eigenvalue weighted by molar-refractivity contribution is 5.01. The highest BCUT2D eigenvalue weighted by Crippen LogP contribution is 1.93. The summed E-state index contributed by atoms with van der Waals surface area (Å²) in [7, 11) is 1.65.